The van der Waals surface area contributed by atoms with Gasteiger partial charge in [-0.05, 0) is 5.41 Å². The lowest BCUT2D eigenvalue weighted by atomic mass is 10.4. The first-order chi connectivity index (χ1) is 64.2. The molecule has 1 aliphatic heterocycles. The highest BCUT2D eigenvalue weighted by molar-refractivity contribution is 8.02. The SMILES string of the molecule is C1=C(c2nc(-c3nc(-c4nc(-c5nc(-c6nc(-c7nc(-c8nc(-c9nc(-c%10nc(-c%11nc(-c%12nc(-c%13nc(-c%14nc(-c%15nc(-c%16nc(-c%17nc(-c%18nc(-c%19nc(-c%20nc(-c%21nc(-c%22nc(-c%23nc(-c%24nc(-c%25nccs%25)cs%24)cs%23)cs%22)cs%21)cs%20)cs%19)cs%18)cs%17)cs%16)cs%15)cs%14)cs%13)cs%12)cs%11)cs%10)cs9)cs8)cs7)cs6)cs5)cs4)cs3)cs2)N(c2cscn2)CS1. The van der Waals surface area contributed by atoms with E-state index in [9.17, 15) is 0 Å². The van der Waals surface area contributed by atoms with Crippen LogP contribution in [0, 0.1) is 0 Å². The van der Waals surface area contributed by atoms with E-state index in [1.54, 1.807) is 188 Å². The summed E-state index contributed by atoms with van der Waals surface area (Å²) in [6.07, 6.45) is 1.79. The number of anilines is 1. The number of rotatable bonds is 25. The molecule has 0 saturated carbocycles. The Morgan fingerprint density at radius 1 is 0.169 bits per heavy atom. The van der Waals surface area contributed by atoms with Crippen molar-refractivity contribution >= 4 is 307 Å². The Hall–Kier alpha value is -9.36. The van der Waals surface area contributed by atoms with E-state index < -0.39 is 0 Å². The second-order valence-electron chi connectivity index (χ2n) is 26.8. The first-order valence-electron chi connectivity index (χ1n) is 37.1. The summed E-state index contributed by atoms with van der Waals surface area (Å²) in [5.74, 6) is 1.77. The van der Waals surface area contributed by atoms with Crippen molar-refractivity contribution in [3.05, 3.63) is 157 Å². The van der Waals surface area contributed by atoms with Gasteiger partial charge in [0.05, 0.1) is 17.1 Å². The van der Waals surface area contributed by atoms with Crippen LogP contribution < -0.4 is 4.90 Å². The average Bonchev–Trinajstić information content (AvgIpc) is 1.65. The molecule has 130 heavy (non-hydrogen) atoms. The summed E-state index contributed by atoms with van der Waals surface area (Å²) in [5.41, 5.74) is 21.4. The number of thioether (sulfide) groups is 1. The van der Waals surface area contributed by atoms with Gasteiger partial charge in [0, 0.05) is 141 Å². The molecule has 0 atom stereocenters. The van der Waals surface area contributed by atoms with Crippen LogP contribution in [-0.2, 0) is 0 Å². The van der Waals surface area contributed by atoms with E-state index in [0.717, 1.165) is 269 Å². The van der Waals surface area contributed by atoms with Gasteiger partial charge in [-0.3, -0.25) is 0 Å². The van der Waals surface area contributed by atoms with Crippen LogP contribution in [0.25, 0.3) is 252 Å². The van der Waals surface area contributed by atoms with Crippen molar-refractivity contribution in [1.29, 1.82) is 0 Å². The zero-order chi connectivity index (χ0) is 85.4. The molecule has 26 rings (SSSR count). The van der Waals surface area contributed by atoms with Gasteiger partial charge >= 0.3 is 0 Å². The predicted molar refractivity (Wildman–Crippen MR) is 553 cm³/mol. The summed E-state index contributed by atoms with van der Waals surface area (Å²) < 4.78 is 0. The van der Waals surface area contributed by atoms with Crippen LogP contribution in [0.4, 0.5) is 5.82 Å². The van der Waals surface area contributed by atoms with Gasteiger partial charge in [-0.2, -0.15) is 0 Å². The van der Waals surface area contributed by atoms with Gasteiger partial charge in [0.1, 0.15) is 257 Å². The molecule has 0 radical (unpaired) electrons. The lowest BCUT2D eigenvalue weighted by molar-refractivity contribution is 1.14. The largest absolute Gasteiger partial charge is 0.312 e. The van der Waals surface area contributed by atoms with Crippen molar-refractivity contribution < 1.29 is 0 Å². The Kier molecular flexibility index (Phi) is 21.7. The molecule has 26 nitrogen and oxygen atoms in total. The Labute approximate surface area is 834 Å². The van der Waals surface area contributed by atoms with E-state index >= 15 is 0 Å². The highest BCUT2D eigenvalue weighted by Gasteiger charge is 2.29. The standard InChI is InChI=1S/C78H30N26S26/c1-2-107-55(79-1)30-3-108-56(81-30)31-4-109-57(82-31)32-5-110-58(83-32)33-6-111-59(84-33)34-7-112-60(85-34)35-8-113-61(86-35)36-9-114-62(87-36)37-10-115-63(88-37)38-11-116-64(89-38)39-12-117-65(90-39)40-13-118-66(91-40)41-14-119-67(92-41)42-15-120-68(93-42)43-16-121-69(94-43)44-17-122-70(95-44)45-18-123-71(96-45)46-19-124-72(97-46)47-20-125-73(98-47)48-21-126-74(99-48)49-22-127-75(100-49)50-23-128-76(101-50)51-24-129-77(102-51)52-25-130-78(103-52)53-26-106-29-104(53)54-27-105-28-80-54/h1-28H,29H2. The van der Waals surface area contributed by atoms with Gasteiger partial charge in [-0.25, -0.2) is 125 Å². The Morgan fingerprint density at radius 3 is 0.485 bits per heavy atom. The molecule has 0 spiro atoms. The quantitative estimate of drug-likeness (QED) is 0.0513. The highest BCUT2D eigenvalue weighted by atomic mass is 32.2. The molecular weight excluding hydrogens is 2130 g/mol. The van der Waals surface area contributed by atoms with Crippen molar-refractivity contribution in [2.24, 2.45) is 0 Å². The van der Waals surface area contributed by atoms with Crippen molar-refractivity contribution in [1.82, 2.24) is 125 Å². The smallest absolute Gasteiger partial charge is 0.144 e. The van der Waals surface area contributed by atoms with E-state index in [1.165, 1.54) is 113 Å². The highest BCUT2D eigenvalue weighted by Crippen LogP contribution is 2.48. The van der Waals surface area contributed by atoms with E-state index in [0.29, 0.717) is 0 Å². The first-order valence-corrected chi connectivity index (χ1v) is 60.2. The van der Waals surface area contributed by atoms with Crippen LogP contribution >= 0.6 is 295 Å². The Balaban J connectivity index is 0.351. The van der Waals surface area contributed by atoms with E-state index in [-0.39, 0.29) is 0 Å². The fourth-order valence-electron chi connectivity index (χ4n) is 12.6. The van der Waals surface area contributed by atoms with Crippen LogP contribution in [-0.4, -0.2) is 130 Å². The number of thiazole rings is 25. The molecular formula is C78H30N26S26. The third kappa shape index (κ3) is 15.9. The monoisotopic (exact) mass is 2160 g/mol. The summed E-state index contributed by atoms with van der Waals surface area (Å²) in [7, 11) is 0. The fraction of sp³-hybridized carbons (Fsp3) is 0.0128. The summed E-state index contributed by atoms with van der Waals surface area (Å²) in [6.45, 7) is 0. The molecule has 0 aromatic carbocycles. The second kappa shape index (κ2) is 34.6. The van der Waals surface area contributed by atoms with Crippen LogP contribution in [0.15, 0.2) is 152 Å². The molecule has 0 bridgehead atoms. The van der Waals surface area contributed by atoms with E-state index in [4.69, 9.17) is 115 Å². The molecule has 0 unspecified atom stereocenters. The number of nitrogens with zero attached hydrogens (tertiary/aromatic N) is 26. The molecule has 0 amide bonds. The molecule has 25 aromatic rings. The minimum atomic E-state index is 0.785. The Bertz CT molecular complexity index is 8240. The van der Waals surface area contributed by atoms with Crippen molar-refractivity contribution in [3.63, 3.8) is 0 Å². The number of hydrogen-bond acceptors (Lipinski definition) is 52. The molecule has 25 aromatic heterocycles. The molecule has 0 N–H and O–H groups in total. The molecule has 628 valence electrons. The van der Waals surface area contributed by atoms with Gasteiger partial charge in [0.15, 0.2) is 0 Å². The van der Waals surface area contributed by atoms with Crippen molar-refractivity contribution in [2.45, 2.75) is 0 Å². The maximum atomic E-state index is 5.02. The first kappa shape index (κ1) is 81.4. The minimum absolute atomic E-state index is 0.785. The molecule has 0 saturated heterocycles. The fourth-order valence-corrected chi connectivity index (χ4v) is 34.1. The average molecular weight is 2170 g/mol. The zero-order valence-corrected chi connectivity index (χ0v) is 84.8. The van der Waals surface area contributed by atoms with Gasteiger partial charge in [-0.1, -0.05) is 0 Å². The van der Waals surface area contributed by atoms with Crippen LogP contribution in [0.2, 0.25) is 0 Å². The summed E-state index contributed by atoms with van der Waals surface area (Å²) in [6, 6.07) is 0. The third-order valence-corrected chi connectivity index (χ3v) is 40.7. The van der Waals surface area contributed by atoms with Crippen molar-refractivity contribution in [2.75, 3.05) is 10.8 Å². The zero-order valence-electron chi connectivity index (χ0n) is 63.6. The van der Waals surface area contributed by atoms with E-state index in [1.807, 2.05) is 129 Å². The van der Waals surface area contributed by atoms with Crippen molar-refractivity contribution in [3.8, 4) is 246 Å². The second-order valence-corrected chi connectivity index (χ2v) is 49.0. The van der Waals surface area contributed by atoms with Gasteiger partial charge in [-0.15, -0.1) is 295 Å². The van der Waals surface area contributed by atoms with Crippen LogP contribution in [0.1, 0.15) is 5.01 Å². The predicted octanol–water partition coefficient (Wildman–Crippen LogP) is 28.9. The van der Waals surface area contributed by atoms with E-state index in [2.05, 4.69) is 31.0 Å². The molecule has 0 fully saturated rings. The molecule has 1 aliphatic rings. The van der Waals surface area contributed by atoms with Gasteiger partial charge in [0.25, 0.3) is 0 Å². The third-order valence-electron chi connectivity index (χ3n) is 18.7. The summed E-state index contributed by atoms with van der Waals surface area (Å²) in [4.78, 5) is 126. The minimum Gasteiger partial charge on any atom is -0.312 e. The number of aromatic nitrogens is 25. The Morgan fingerprint density at radius 2 is 0.331 bits per heavy atom. The summed E-state index contributed by atoms with van der Waals surface area (Å²) >= 11 is 40.5. The van der Waals surface area contributed by atoms with Crippen LogP contribution in [0.5, 0.6) is 0 Å². The van der Waals surface area contributed by atoms with Gasteiger partial charge < -0.3 is 4.90 Å². The lowest BCUT2D eigenvalue weighted by Gasteiger charge is -2.16. The van der Waals surface area contributed by atoms with Gasteiger partial charge in [0.2, 0.25) is 0 Å². The summed E-state index contributed by atoms with van der Waals surface area (Å²) in [5, 5.41) is 72.7. The molecule has 52 heteroatoms. The molecule has 26 heterocycles. The normalized spacial score (nSPS) is 12.4. The number of hydrogen-bond donors (Lipinski definition) is 0. The maximum Gasteiger partial charge on any atom is 0.144 e. The molecule has 0 aliphatic carbocycles. The van der Waals surface area contributed by atoms with Crippen LogP contribution in [0.3, 0.4) is 0 Å². The topological polar surface area (TPSA) is 325 Å². The maximum absolute atomic E-state index is 5.02. The lowest BCUT2D eigenvalue weighted by Crippen LogP contribution is -2.16.